The molecule has 2 rings (SSSR count). The van der Waals surface area contributed by atoms with E-state index in [1.54, 1.807) is 24.4 Å². The third-order valence-corrected chi connectivity index (χ3v) is 2.80. The molecular formula is C16H12N2O2. The number of benzene rings is 1. The third kappa shape index (κ3) is 3.09. The number of aromatic nitrogens is 1. The number of rotatable bonds is 3. The maximum Gasteiger partial charge on any atom is 0.346 e. The van der Waals surface area contributed by atoms with Gasteiger partial charge in [0, 0.05) is 11.9 Å². The van der Waals surface area contributed by atoms with Crippen molar-refractivity contribution in [3.8, 4) is 17.2 Å². The van der Waals surface area contributed by atoms with Gasteiger partial charge < -0.3 is 5.11 Å². The van der Waals surface area contributed by atoms with Crippen LogP contribution in [0.25, 0.3) is 17.2 Å². The van der Waals surface area contributed by atoms with Crippen molar-refractivity contribution in [2.75, 3.05) is 0 Å². The molecule has 1 aromatic carbocycles. The average Bonchev–Trinajstić information content (AvgIpc) is 2.45. The van der Waals surface area contributed by atoms with Crippen molar-refractivity contribution in [2.45, 2.75) is 6.92 Å². The van der Waals surface area contributed by atoms with Gasteiger partial charge in [-0.05, 0) is 41.8 Å². The van der Waals surface area contributed by atoms with E-state index in [0.717, 1.165) is 16.8 Å². The molecule has 1 aromatic heterocycles. The topological polar surface area (TPSA) is 74.0 Å². The summed E-state index contributed by atoms with van der Waals surface area (Å²) in [7, 11) is 0. The zero-order chi connectivity index (χ0) is 14.5. The second-order valence-electron chi connectivity index (χ2n) is 4.28. The minimum atomic E-state index is -1.22. The Morgan fingerprint density at radius 1 is 1.25 bits per heavy atom. The Labute approximate surface area is 116 Å². The van der Waals surface area contributed by atoms with E-state index in [1.165, 1.54) is 6.08 Å². The molecule has 1 N–H and O–H groups in total. The molecular weight excluding hydrogens is 252 g/mol. The Bertz CT molecular complexity index is 710. The van der Waals surface area contributed by atoms with E-state index < -0.39 is 5.97 Å². The first kappa shape index (κ1) is 13.5. The van der Waals surface area contributed by atoms with Crippen molar-refractivity contribution in [2.24, 2.45) is 0 Å². The predicted molar refractivity (Wildman–Crippen MR) is 75.6 cm³/mol. The number of hydrogen-bond acceptors (Lipinski definition) is 3. The van der Waals surface area contributed by atoms with E-state index >= 15 is 0 Å². The zero-order valence-electron chi connectivity index (χ0n) is 10.9. The molecule has 0 saturated heterocycles. The van der Waals surface area contributed by atoms with Crippen LogP contribution in [-0.2, 0) is 4.79 Å². The molecule has 20 heavy (non-hydrogen) atoms. The first-order chi connectivity index (χ1) is 9.60. The van der Waals surface area contributed by atoms with Crippen LogP contribution in [0, 0.1) is 18.3 Å². The van der Waals surface area contributed by atoms with Gasteiger partial charge in [-0.1, -0.05) is 24.3 Å². The Morgan fingerprint density at radius 3 is 2.50 bits per heavy atom. The van der Waals surface area contributed by atoms with Gasteiger partial charge in [-0.15, -0.1) is 0 Å². The maximum absolute atomic E-state index is 10.8. The SMILES string of the molecule is Cc1cc(-c2ccc(/C=C(\C#N)C(=O)O)cc2)ccn1. The number of carbonyl (C=O) groups is 1. The molecule has 98 valence electrons. The van der Waals surface area contributed by atoms with Gasteiger partial charge in [0.1, 0.15) is 11.6 Å². The average molecular weight is 264 g/mol. The molecule has 0 radical (unpaired) electrons. The monoisotopic (exact) mass is 264 g/mol. The number of carboxylic acids is 1. The summed E-state index contributed by atoms with van der Waals surface area (Å²) in [6, 6.07) is 12.9. The molecule has 2 aromatic rings. The van der Waals surface area contributed by atoms with Crippen molar-refractivity contribution in [3.05, 3.63) is 59.4 Å². The molecule has 0 spiro atoms. The number of carboxylic acid groups (broad SMARTS) is 1. The molecule has 0 aliphatic carbocycles. The van der Waals surface area contributed by atoms with Gasteiger partial charge in [0.25, 0.3) is 0 Å². The second-order valence-corrected chi connectivity index (χ2v) is 4.28. The smallest absolute Gasteiger partial charge is 0.346 e. The van der Waals surface area contributed by atoms with Crippen LogP contribution in [0.2, 0.25) is 0 Å². The van der Waals surface area contributed by atoms with Crippen LogP contribution >= 0.6 is 0 Å². The summed E-state index contributed by atoms with van der Waals surface area (Å²) in [4.78, 5) is 14.9. The number of pyridine rings is 1. The molecule has 0 unspecified atom stereocenters. The third-order valence-electron chi connectivity index (χ3n) is 2.80. The van der Waals surface area contributed by atoms with Crippen LogP contribution in [-0.4, -0.2) is 16.1 Å². The van der Waals surface area contributed by atoms with Crippen LogP contribution < -0.4 is 0 Å². The molecule has 0 saturated carbocycles. The summed E-state index contributed by atoms with van der Waals surface area (Å²) < 4.78 is 0. The normalized spacial score (nSPS) is 10.9. The predicted octanol–water partition coefficient (Wildman–Crippen LogP) is 3.05. The Morgan fingerprint density at radius 2 is 1.95 bits per heavy atom. The second kappa shape index (κ2) is 5.81. The maximum atomic E-state index is 10.8. The number of aliphatic carboxylic acids is 1. The summed E-state index contributed by atoms with van der Waals surface area (Å²) >= 11 is 0. The van der Waals surface area contributed by atoms with Crippen LogP contribution in [0.15, 0.2) is 48.2 Å². The summed E-state index contributed by atoms with van der Waals surface area (Å²) in [6.45, 7) is 1.92. The molecule has 0 aliphatic heterocycles. The molecule has 4 heteroatoms. The Hall–Kier alpha value is -2.93. The highest BCUT2D eigenvalue weighted by Crippen LogP contribution is 2.20. The van der Waals surface area contributed by atoms with Crippen LogP contribution in [0.3, 0.4) is 0 Å². The van der Waals surface area contributed by atoms with E-state index in [4.69, 9.17) is 10.4 Å². The van der Waals surface area contributed by atoms with E-state index in [9.17, 15) is 4.79 Å². The summed E-state index contributed by atoms with van der Waals surface area (Å²) in [5.74, 6) is -1.22. The minimum absolute atomic E-state index is 0.280. The highest BCUT2D eigenvalue weighted by molar-refractivity contribution is 5.96. The van der Waals surface area contributed by atoms with Crippen LogP contribution in [0.4, 0.5) is 0 Å². The van der Waals surface area contributed by atoms with Gasteiger partial charge in [-0.25, -0.2) is 4.79 Å². The number of hydrogen-bond donors (Lipinski definition) is 1. The van der Waals surface area contributed by atoms with Gasteiger partial charge in [0.15, 0.2) is 0 Å². The van der Waals surface area contributed by atoms with Gasteiger partial charge in [-0.2, -0.15) is 5.26 Å². The summed E-state index contributed by atoms with van der Waals surface area (Å²) in [6.07, 6.45) is 3.10. The highest BCUT2D eigenvalue weighted by Gasteiger charge is 2.05. The fourth-order valence-corrected chi connectivity index (χ4v) is 1.81. The van der Waals surface area contributed by atoms with Crippen molar-refractivity contribution in [1.82, 2.24) is 4.98 Å². The minimum Gasteiger partial charge on any atom is -0.477 e. The number of nitrogens with zero attached hydrogens (tertiary/aromatic N) is 2. The largest absolute Gasteiger partial charge is 0.477 e. The molecule has 4 nitrogen and oxygen atoms in total. The lowest BCUT2D eigenvalue weighted by molar-refractivity contribution is -0.132. The Balaban J connectivity index is 2.32. The van der Waals surface area contributed by atoms with Crippen molar-refractivity contribution < 1.29 is 9.90 Å². The van der Waals surface area contributed by atoms with Crippen molar-refractivity contribution >= 4 is 12.0 Å². The van der Waals surface area contributed by atoms with Crippen molar-refractivity contribution in [3.63, 3.8) is 0 Å². The lowest BCUT2D eigenvalue weighted by Crippen LogP contribution is -1.97. The van der Waals surface area contributed by atoms with Crippen LogP contribution in [0.1, 0.15) is 11.3 Å². The first-order valence-corrected chi connectivity index (χ1v) is 5.98. The Kier molecular flexibility index (Phi) is 3.92. The van der Waals surface area contributed by atoms with Gasteiger partial charge in [0.05, 0.1) is 0 Å². The molecule has 0 bridgehead atoms. The van der Waals surface area contributed by atoms with Gasteiger partial charge >= 0.3 is 5.97 Å². The molecule has 1 heterocycles. The lowest BCUT2D eigenvalue weighted by Gasteiger charge is -2.03. The zero-order valence-corrected chi connectivity index (χ0v) is 10.9. The number of nitriles is 1. The van der Waals surface area contributed by atoms with E-state index in [-0.39, 0.29) is 5.57 Å². The van der Waals surface area contributed by atoms with Crippen LogP contribution in [0.5, 0.6) is 0 Å². The molecule has 0 atom stereocenters. The van der Waals surface area contributed by atoms with Gasteiger partial charge in [0.2, 0.25) is 0 Å². The number of aryl methyl sites for hydroxylation is 1. The lowest BCUT2D eigenvalue weighted by atomic mass is 10.0. The first-order valence-electron chi connectivity index (χ1n) is 5.98. The summed E-state index contributed by atoms with van der Waals surface area (Å²) in [5, 5.41) is 17.5. The fraction of sp³-hybridized carbons (Fsp3) is 0.0625. The molecule has 0 fully saturated rings. The molecule has 0 aliphatic rings. The standard InChI is InChI=1S/C16H12N2O2/c1-11-8-14(6-7-18-11)13-4-2-12(3-5-13)9-15(10-17)16(19)20/h2-9H,1H3,(H,19,20)/b15-9+. The fourth-order valence-electron chi connectivity index (χ4n) is 1.81. The van der Waals surface area contributed by atoms with E-state index in [1.807, 2.05) is 31.2 Å². The quantitative estimate of drug-likeness (QED) is 0.683. The van der Waals surface area contributed by atoms with E-state index in [2.05, 4.69) is 4.98 Å². The van der Waals surface area contributed by atoms with Crippen molar-refractivity contribution in [1.29, 1.82) is 5.26 Å². The molecule has 0 amide bonds. The van der Waals surface area contributed by atoms with Gasteiger partial charge in [-0.3, -0.25) is 4.98 Å². The highest BCUT2D eigenvalue weighted by atomic mass is 16.4. The van der Waals surface area contributed by atoms with E-state index in [0.29, 0.717) is 5.56 Å². The summed E-state index contributed by atoms with van der Waals surface area (Å²) in [5.41, 5.74) is 3.40.